The van der Waals surface area contributed by atoms with Gasteiger partial charge in [0.1, 0.15) is 5.75 Å². The molecule has 0 bridgehead atoms. The molecule has 2 rings (SSSR count). The molecule has 0 aliphatic carbocycles. The van der Waals surface area contributed by atoms with Crippen LogP contribution in [0.3, 0.4) is 0 Å². The van der Waals surface area contributed by atoms with E-state index in [0.717, 1.165) is 5.56 Å². The van der Waals surface area contributed by atoms with Gasteiger partial charge in [0.2, 0.25) is 0 Å². The van der Waals surface area contributed by atoms with Gasteiger partial charge in [0, 0.05) is 17.8 Å². The van der Waals surface area contributed by atoms with Crippen molar-refractivity contribution in [2.24, 2.45) is 0 Å². The molecule has 0 unspecified atom stereocenters. The van der Waals surface area contributed by atoms with Crippen LogP contribution in [-0.4, -0.2) is 11.0 Å². The summed E-state index contributed by atoms with van der Waals surface area (Å²) in [6.07, 6.45) is 0. The number of phenols is 1. The molecule has 0 saturated heterocycles. The maximum atomic E-state index is 11.8. The van der Waals surface area contributed by atoms with Crippen molar-refractivity contribution in [3.8, 4) is 5.75 Å². The second kappa shape index (κ2) is 5.23. The number of nitrogens with one attached hydrogen (secondary N) is 1. The van der Waals surface area contributed by atoms with Crippen LogP contribution in [0.5, 0.6) is 5.75 Å². The van der Waals surface area contributed by atoms with Crippen LogP contribution in [0.1, 0.15) is 15.9 Å². The fraction of sp³-hybridized carbons (Fsp3) is 0.0714. The van der Waals surface area contributed by atoms with Crippen molar-refractivity contribution in [3.63, 3.8) is 0 Å². The third-order valence-corrected chi connectivity index (χ3v) is 2.62. The number of amides is 1. The van der Waals surface area contributed by atoms with Crippen molar-refractivity contribution in [3.05, 3.63) is 59.7 Å². The van der Waals surface area contributed by atoms with Crippen molar-refractivity contribution in [1.82, 2.24) is 5.32 Å². The van der Waals surface area contributed by atoms with E-state index < -0.39 is 0 Å². The van der Waals surface area contributed by atoms with E-state index in [0.29, 0.717) is 17.8 Å². The summed E-state index contributed by atoms with van der Waals surface area (Å²) in [5, 5.41) is 11.9. The van der Waals surface area contributed by atoms with E-state index in [2.05, 4.69) is 5.32 Å². The van der Waals surface area contributed by atoms with Crippen molar-refractivity contribution in [2.45, 2.75) is 6.54 Å². The van der Waals surface area contributed by atoms with Crippen molar-refractivity contribution in [2.75, 3.05) is 5.73 Å². The van der Waals surface area contributed by atoms with Gasteiger partial charge in [-0.1, -0.05) is 18.2 Å². The highest BCUT2D eigenvalue weighted by molar-refractivity contribution is 5.94. The number of rotatable bonds is 3. The number of carbonyl (C=O) groups excluding carboxylic acids is 1. The number of benzene rings is 2. The maximum absolute atomic E-state index is 11.8. The Labute approximate surface area is 105 Å². The average molecular weight is 242 g/mol. The van der Waals surface area contributed by atoms with E-state index in [1.54, 1.807) is 18.2 Å². The Bertz CT molecular complexity index is 550. The fourth-order valence-corrected chi connectivity index (χ4v) is 1.59. The standard InChI is InChI=1S/C14H14N2O2/c15-13-4-2-1-3-11(13)9-16-14(18)10-5-7-12(17)8-6-10/h1-8,17H,9,15H2,(H,16,18). The molecule has 0 radical (unpaired) electrons. The summed E-state index contributed by atoms with van der Waals surface area (Å²) < 4.78 is 0. The van der Waals surface area contributed by atoms with Gasteiger partial charge in [0.25, 0.3) is 5.91 Å². The number of hydrogen-bond acceptors (Lipinski definition) is 3. The van der Waals surface area contributed by atoms with Gasteiger partial charge in [-0.05, 0) is 35.9 Å². The number of para-hydroxylation sites is 1. The Morgan fingerprint density at radius 1 is 1.11 bits per heavy atom. The highest BCUT2D eigenvalue weighted by atomic mass is 16.3. The van der Waals surface area contributed by atoms with Crippen LogP contribution in [0, 0.1) is 0 Å². The van der Waals surface area contributed by atoms with Gasteiger partial charge in [-0.25, -0.2) is 0 Å². The quantitative estimate of drug-likeness (QED) is 0.719. The molecule has 0 heterocycles. The molecule has 0 fully saturated rings. The minimum absolute atomic E-state index is 0.138. The number of phenolic OH excluding ortho intramolecular Hbond substituents is 1. The minimum Gasteiger partial charge on any atom is -0.508 e. The van der Waals surface area contributed by atoms with Gasteiger partial charge < -0.3 is 16.2 Å². The Kier molecular flexibility index (Phi) is 3.48. The molecule has 2 aromatic rings. The topological polar surface area (TPSA) is 75.3 Å². The van der Waals surface area contributed by atoms with E-state index >= 15 is 0 Å². The number of nitrogen functional groups attached to an aromatic ring is 1. The molecule has 0 atom stereocenters. The molecule has 92 valence electrons. The number of anilines is 1. The van der Waals surface area contributed by atoms with Crippen LogP contribution in [-0.2, 0) is 6.54 Å². The summed E-state index contributed by atoms with van der Waals surface area (Å²) in [4.78, 5) is 11.8. The summed E-state index contributed by atoms with van der Waals surface area (Å²) in [7, 11) is 0. The lowest BCUT2D eigenvalue weighted by Gasteiger charge is -2.07. The largest absolute Gasteiger partial charge is 0.508 e. The third-order valence-electron chi connectivity index (χ3n) is 2.62. The molecule has 0 saturated carbocycles. The van der Waals surface area contributed by atoms with Crippen LogP contribution in [0.15, 0.2) is 48.5 Å². The van der Waals surface area contributed by atoms with Gasteiger partial charge in [0.05, 0.1) is 0 Å². The predicted octanol–water partition coefficient (Wildman–Crippen LogP) is 1.90. The van der Waals surface area contributed by atoms with Gasteiger partial charge in [-0.15, -0.1) is 0 Å². The Hall–Kier alpha value is -2.49. The molecule has 4 heteroatoms. The Morgan fingerprint density at radius 2 is 1.78 bits per heavy atom. The summed E-state index contributed by atoms with van der Waals surface area (Å²) in [6.45, 7) is 0.381. The monoisotopic (exact) mass is 242 g/mol. The molecule has 0 aromatic heterocycles. The van der Waals surface area contributed by atoms with Gasteiger partial charge in [-0.2, -0.15) is 0 Å². The molecule has 0 spiro atoms. The third kappa shape index (κ3) is 2.79. The zero-order valence-corrected chi connectivity index (χ0v) is 9.76. The normalized spacial score (nSPS) is 10.0. The van der Waals surface area contributed by atoms with E-state index in [1.165, 1.54) is 12.1 Å². The number of hydrogen-bond donors (Lipinski definition) is 3. The molecular weight excluding hydrogens is 228 g/mol. The summed E-state index contributed by atoms with van der Waals surface area (Å²) in [5.41, 5.74) is 7.82. The van der Waals surface area contributed by atoms with E-state index in [4.69, 9.17) is 10.8 Å². The van der Waals surface area contributed by atoms with Crippen LogP contribution in [0.2, 0.25) is 0 Å². The Morgan fingerprint density at radius 3 is 2.44 bits per heavy atom. The first-order valence-corrected chi connectivity index (χ1v) is 5.57. The minimum atomic E-state index is -0.196. The van der Waals surface area contributed by atoms with Crippen molar-refractivity contribution in [1.29, 1.82) is 0 Å². The zero-order valence-electron chi connectivity index (χ0n) is 9.76. The molecule has 0 aliphatic rings. The molecule has 2 aromatic carbocycles. The van der Waals surface area contributed by atoms with Gasteiger partial charge >= 0.3 is 0 Å². The van der Waals surface area contributed by atoms with Gasteiger partial charge in [0.15, 0.2) is 0 Å². The lowest BCUT2D eigenvalue weighted by atomic mass is 10.1. The molecule has 0 aliphatic heterocycles. The SMILES string of the molecule is Nc1ccccc1CNC(=O)c1ccc(O)cc1. The zero-order chi connectivity index (χ0) is 13.0. The second-order valence-electron chi connectivity index (χ2n) is 3.93. The van der Waals surface area contributed by atoms with Crippen LogP contribution in [0.25, 0.3) is 0 Å². The molecule has 4 N–H and O–H groups in total. The maximum Gasteiger partial charge on any atom is 0.251 e. The van der Waals surface area contributed by atoms with E-state index in [9.17, 15) is 4.79 Å². The lowest BCUT2D eigenvalue weighted by molar-refractivity contribution is 0.0951. The summed E-state index contributed by atoms with van der Waals surface area (Å²) in [6, 6.07) is 13.5. The second-order valence-corrected chi connectivity index (χ2v) is 3.93. The van der Waals surface area contributed by atoms with Crippen molar-refractivity contribution >= 4 is 11.6 Å². The predicted molar refractivity (Wildman–Crippen MR) is 70.1 cm³/mol. The first-order chi connectivity index (χ1) is 8.66. The smallest absolute Gasteiger partial charge is 0.251 e. The molecule has 4 nitrogen and oxygen atoms in total. The number of nitrogens with two attached hydrogens (primary N) is 1. The van der Waals surface area contributed by atoms with Crippen LogP contribution < -0.4 is 11.1 Å². The lowest BCUT2D eigenvalue weighted by Crippen LogP contribution is -2.23. The van der Waals surface area contributed by atoms with E-state index in [1.807, 2.05) is 18.2 Å². The Balaban J connectivity index is 2.01. The molecule has 1 amide bonds. The van der Waals surface area contributed by atoms with Crippen LogP contribution >= 0.6 is 0 Å². The molecular formula is C14H14N2O2. The fourth-order valence-electron chi connectivity index (χ4n) is 1.59. The number of carbonyl (C=O) groups is 1. The molecule has 18 heavy (non-hydrogen) atoms. The summed E-state index contributed by atoms with van der Waals surface area (Å²) in [5.74, 6) is -0.0582. The van der Waals surface area contributed by atoms with E-state index in [-0.39, 0.29) is 11.7 Å². The van der Waals surface area contributed by atoms with Crippen molar-refractivity contribution < 1.29 is 9.90 Å². The van der Waals surface area contributed by atoms with Gasteiger partial charge in [-0.3, -0.25) is 4.79 Å². The summed E-state index contributed by atoms with van der Waals surface area (Å²) >= 11 is 0. The highest BCUT2D eigenvalue weighted by Gasteiger charge is 2.05. The first kappa shape index (κ1) is 12.0. The van der Waals surface area contributed by atoms with Crippen LogP contribution in [0.4, 0.5) is 5.69 Å². The highest BCUT2D eigenvalue weighted by Crippen LogP contribution is 2.12. The average Bonchev–Trinajstić information content (AvgIpc) is 2.38. The first-order valence-electron chi connectivity index (χ1n) is 5.57. The number of aromatic hydroxyl groups is 1.